The van der Waals surface area contributed by atoms with E-state index in [-0.39, 0.29) is 41.4 Å². The van der Waals surface area contributed by atoms with Crippen LogP contribution in [0, 0.1) is 17.3 Å². The van der Waals surface area contributed by atoms with Crippen molar-refractivity contribution in [2.45, 2.75) is 53.4 Å². The van der Waals surface area contributed by atoms with Crippen LogP contribution in [-0.2, 0) is 9.59 Å². The van der Waals surface area contributed by atoms with E-state index in [4.69, 9.17) is 5.11 Å². The van der Waals surface area contributed by atoms with Crippen LogP contribution in [0.4, 0.5) is 0 Å². The number of carbonyl (C=O) groups excluding carboxylic acids is 1. The number of aliphatic carboxylic acids is 2. The topological polar surface area (TPSA) is 77.4 Å². The van der Waals surface area contributed by atoms with Gasteiger partial charge in [-0.05, 0) is 30.6 Å². The van der Waals surface area contributed by atoms with Crippen LogP contribution in [-0.4, -0.2) is 17.0 Å². The van der Waals surface area contributed by atoms with Gasteiger partial charge in [-0.25, -0.2) is 0 Å². The Morgan fingerprint density at radius 1 is 1.33 bits per heavy atom. The molecule has 0 bridgehead atoms. The molecule has 2 atom stereocenters. The van der Waals surface area contributed by atoms with E-state index in [9.17, 15) is 14.7 Å². The van der Waals surface area contributed by atoms with Gasteiger partial charge in [0.15, 0.2) is 0 Å². The van der Waals surface area contributed by atoms with Gasteiger partial charge in [-0.2, -0.15) is 0 Å². The van der Waals surface area contributed by atoms with E-state index in [1.165, 1.54) is 6.92 Å². The third-order valence-corrected chi connectivity index (χ3v) is 3.52. The predicted octanol–water partition coefficient (Wildman–Crippen LogP) is -1.32. The van der Waals surface area contributed by atoms with Gasteiger partial charge in [-0.1, -0.05) is 34.1 Å². The first-order valence-electron chi connectivity index (χ1n) is 6.13. The number of hydrogen-bond acceptors (Lipinski definition) is 3. The molecule has 0 rings (SSSR count). The molecule has 0 aromatic heterocycles. The van der Waals surface area contributed by atoms with Crippen LogP contribution in [0.3, 0.4) is 0 Å². The molecular formula is C13H23NaO4. The molecule has 0 aliphatic heterocycles. The minimum Gasteiger partial charge on any atom is -0.550 e. The summed E-state index contributed by atoms with van der Waals surface area (Å²) >= 11 is 0. The molecule has 0 heterocycles. The molecule has 5 heteroatoms. The second kappa shape index (κ2) is 8.94. The van der Waals surface area contributed by atoms with E-state index in [2.05, 4.69) is 20.8 Å². The van der Waals surface area contributed by atoms with Crippen LogP contribution < -0.4 is 34.7 Å². The first-order valence-corrected chi connectivity index (χ1v) is 6.13. The zero-order valence-electron chi connectivity index (χ0n) is 12.2. The molecule has 0 aromatic rings. The minimum absolute atomic E-state index is 0. The summed E-state index contributed by atoms with van der Waals surface area (Å²) in [4.78, 5) is 21.7. The summed E-state index contributed by atoms with van der Waals surface area (Å²) in [6.07, 6.45) is 2.45. The molecular weight excluding hydrogens is 243 g/mol. The Balaban J connectivity index is 0. The summed E-state index contributed by atoms with van der Waals surface area (Å²) in [6, 6.07) is 0. The van der Waals surface area contributed by atoms with E-state index < -0.39 is 23.8 Å². The Kier molecular flexibility index (Phi) is 10.1. The van der Waals surface area contributed by atoms with Crippen molar-refractivity contribution in [3.63, 3.8) is 0 Å². The maximum atomic E-state index is 11.0. The molecule has 4 nitrogen and oxygen atoms in total. The van der Waals surface area contributed by atoms with Crippen LogP contribution in [0.5, 0.6) is 0 Å². The van der Waals surface area contributed by atoms with Crippen molar-refractivity contribution in [2.24, 2.45) is 17.3 Å². The second-order valence-corrected chi connectivity index (χ2v) is 5.55. The van der Waals surface area contributed by atoms with Crippen molar-refractivity contribution in [1.82, 2.24) is 0 Å². The molecule has 0 saturated heterocycles. The molecule has 0 aromatic carbocycles. The van der Waals surface area contributed by atoms with Crippen molar-refractivity contribution in [3.8, 4) is 0 Å². The number of carboxylic acids is 2. The van der Waals surface area contributed by atoms with Gasteiger partial charge in [0, 0.05) is 5.97 Å². The van der Waals surface area contributed by atoms with Gasteiger partial charge in [0.1, 0.15) is 0 Å². The van der Waals surface area contributed by atoms with Gasteiger partial charge in [-0.15, -0.1) is 0 Å². The molecule has 0 aliphatic carbocycles. The summed E-state index contributed by atoms with van der Waals surface area (Å²) in [5.74, 6) is -3.38. The fraction of sp³-hybridized carbons (Fsp3) is 0.846. The van der Waals surface area contributed by atoms with Gasteiger partial charge in [0.05, 0.1) is 5.92 Å². The average molecular weight is 266 g/mol. The van der Waals surface area contributed by atoms with Crippen LogP contribution in [0.25, 0.3) is 0 Å². The van der Waals surface area contributed by atoms with Gasteiger partial charge in [0.25, 0.3) is 0 Å². The van der Waals surface area contributed by atoms with Gasteiger partial charge in [0.2, 0.25) is 0 Å². The second-order valence-electron chi connectivity index (χ2n) is 5.55. The van der Waals surface area contributed by atoms with Gasteiger partial charge < -0.3 is 15.0 Å². The molecule has 0 aliphatic rings. The molecule has 0 fully saturated rings. The van der Waals surface area contributed by atoms with Crippen molar-refractivity contribution in [2.75, 3.05) is 0 Å². The molecule has 2 unspecified atom stereocenters. The molecule has 0 radical (unpaired) electrons. The number of carbonyl (C=O) groups is 2. The van der Waals surface area contributed by atoms with E-state index in [1.807, 2.05) is 0 Å². The van der Waals surface area contributed by atoms with Gasteiger partial charge >= 0.3 is 35.5 Å². The van der Waals surface area contributed by atoms with Crippen LogP contribution in [0.15, 0.2) is 0 Å². The Morgan fingerprint density at radius 2 is 1.83 bits per heavy atom. The first kappa shape index (κ1) is 20.3. The van der Waals surface area contributed by atoms with E-state index in [0.29, 0.717) is 6.42 Å². The van der Waals surface area contributed by atoms with Gasteiger partial charge in [-0.3, -0.25) is 4.79 Å². The first-order chi connectivity index (χ1) is 7.69. The summed E-state index contributed by atoms with van der Waals surface area (Å²) in [5.41, 5.74) is 0.110. The zero-order valence-corrected chi connectivity index (χ0v) is 14.2. The molecule has 0 amide bonds. The monoisotopic (exact) mass is 266 g/mol. The molecule has 18 heavy (non-hydrogen) atoms. The smallest absolute Gasteiger partial charge is 0.550 e. The largest absolute Gasteiger partial charge is 1.00 e. The summed E-state index contributed by atoms with van der Waals surface area (Å²) in [5, 5.41) is 19.7. The Morgan fingerprint density at radius 3 is 2.17 bits per heavy atom. The number of carboxylic acid groups (broad SMARTS) is 2. The standard InChI is InChI=1S/C13H24O4.Na/c1-5-13(3,4)7-6-10(12(16)17)8-9(2)11(14)15;/h9-10H,5-8H2,1-4H3,(H,14,15)(H,16,17);/q;+1/p-1. The number of hydrogen-bond donors (Lipinski definition) is 1. The number of rotatable bonds is 8. The van der Waals surface area contributed by atoms with Crippen molar-refractivity contribution in [1.29, 1.82) is 0 Å². The van der Waals surface area contributed by atoms with Crippen molar-refractivity contribution in [3.05, 3.63) is 0 Å². The molecule has 0 spiro atoms. The van der Waals surface area contributed by atoms with Crippen molar-refractivity contribution < 1.29 is 49.4 Å². The third-order valence-electron chi connectivity index (χ3n) is 3.52. The Labute approximate surface area is 131 Å². The summed E-state index contributed by atoms with van der Waals surface area (Å²) in [6.45, 7) is 7.75. The fourth-order valence-electron chi connectivity index (χ4n) is 1.61. The normalized spacial score (nSPS) is 14.4. The maximum Gasteiger partial charge on any atom is 1.00 e. The van der Waals surface area contributed by atoms with E-state index in [0.717, 1.165) is 12.8 Å². The van der Waals surface area contributed by atoms with Crippen LogP contribution in [0.2, 0.25) is 0 Å². The summed E-state index contributed by atoms with van der Waals surface area (Å²) < 4.78 is 0. The third kappa shape index (κ3) is 8.11. The van der Waals surface area contributed by atoms with Crippen molar-refractivity contribution >= 4 is 11.9 Å². The SMILES string of the molecule is CCC(C)(C)CCC(CC(C)C(=O)[O-])C(=O)O.[Na+]. The van der Waals surface area contributed by atoms with Crippen LogP contribution >= 0.6 is 0 Å². The minimum atomic E-state index is -1.17. The Hall–Kier alpha value is -0.0600. The van der Waals surface area contributed by atoms with E-state index >= 15 is 0 Å². The fourth-order valence-corrected chi connectivity index (χ4v) is 1.61. The molecule has 0 saturated carbocycles. The van der Waals surface area contributed by atoms with Crippen LogP contribution in [0.1, 0.15) is 53.4 Å². The predicted molar refractivity (Wildman–Crippen MR) is 63.2 cm³/mol. The molecule has 1 N–H and O–H groups in total. The molecule has 100 valence electrons. The quantitative estimate of drug-likeness (QED) is 0.553. The Bertz CT molecular complexity index is 276. The van der Waals surface area contributed by atoms with E-state index in [1.54, 1.807) is 0 Å². The summed E-state index contributed by atoms with van der Waals surface area (Å²) in [7, 11) is 0. The zero-order chi connectivity index (χ0) is 13.6. The average Bonchev–Trinajstić information content (AvgIpc) is 2.23. The maximum absolute atomic E-state index is 11.0.